The summed E-state index contributed by atoms with van der Waals surface area (Å²) >= 11 is 1.53. The molecule has 176 valence electrons. The van der Waals surface area contributed by atoms with Gasteiger partial charge < -0.3 is 15.0 Å². The minimum Gasteiger partial charge on any atom is -0.486 e. The summed E-state index contributed by atoms with van der Waals surface area (Å²) < 4.78 is 33.9. The van der Waals surface area contributed by atoms with Crippen LogP contribution in [-0.2, 0) is 17.8 Å². The highest BCUT2D eigenvalue weighted by atomic mass is 32.1. The van der Waals surface area contributed by atoms with Crippen LogP contribution in [0.1, 0.15) is 50.2 Å². The van der Waals surface area contributed by atoms with E-state index in [9.17, 15) is 8.78 Å². The van der Waals surface area contributed by atoms with Crippen molar-refractivity contribution in [1.29, 1.82) is 0 Å². The molecule has 5 nitrogen and oxygen atoms in total. The van der Waals surface area contributed by atoms with Gasteiger partial charge in [-0.2, -0.15) is 0 Å². The number of benzene rings is 1. The van der Waals surface area contributed by atoms with Crippen molar-refractivity contribution in [2.75, 3.05) is 7.05 Å². The van der Waals surface area contributed by atoms with Crippen molar-refractivity contribution >= 4 is 17.0 Å². The Hall–Kier alpha value is -2.84. The van der Waals surface area contributed by atoms with Crippen LogP contribution in [-0.4, -0.2) is 27.7 Å². The lowest BCUT2D eigenvalue weighted by Crippen LogP contribution is -2.38. The number of ether oxygens (including phenoxy) is 1. The molecule has 0 amide bonds. The largest absolute Gasteiger partial charge is 0.486 e. The topological polar surface area (TPSA) is 50.3 Å². The third-order valence-corrected chi connectivity index (χ3v) is 6.28. The lowest BCUT2D eigenvalue weighted by Gasteiger charge is -2.30. The van der Waals surface area contributed by atoms with Gasteiger partial charge in [0.15, 0.2) is 5.01 Å². The first-order chi connectivity index (χ1) is 15.5. The maximum Gasteiger partial charge on any atom is 0.164 e. The zero-order chi connectivity index (χ0) is 24.3. The number of allylic oxidation sites excluding steroid dienone is 3. The van der Waals surface area contributed by atoms with Crippen LogP contribution in [0.15, 0.2) is 59.7 Å². The van der Waals surface area contributed by atoms with Gasteiger partial charge >= 0.3 is 0 Å². The average molecular weight is 473 g/mol. The molecule has 1 aliphatic rings. The number of rotatable bonds is 8. The Morgan fingerprint density at radius 1 is 1.21 bits per heavy atom. The highest BCUT2D eigenvalue weighted by molar-refractivity contribution is 7.12. The van der Waals surface area contributed by atoms with Crippen LogP contribution < -0.4 is 5.32 Å². The summed E-state index contributed by atoms with van der Waals surface area (Å²) in [5.74, 6) is -0.841. The Labute approximate surface area is 198 Å². The second-order valence-electron chi connectivity index (χ2n) is 8.85. The molecule has 1 aromatic carbocycles. The van der Waals surface area contributed by atoms with Crippen molar-refractivity contribution in [3.8, 4) is 0 Å². The molecular formula is C25H30F2N4OS. The third kappa shape index (κ3) is 5.75. The van der Waals surface area contributed by atoms with Gasteiger partial charge in [-0.3, -0.25) is 0 Å². The molecule has 1 aromatic heterocycles. The van der Waals surface area contributed by atoms with E-state index in [-0.39, 0.29) is 17.7 Å². The molecule has 3 rings (SSSR count). The van der Waals surface area contributed by atoms with Crippen molar-refractivity contribution < 1.29 is 13.5 Å². The summed E-state index contributed by atoms with van der Waals surface area (Å²) in [6.45, 7) is 14.1. The standard InChI is InChI=1S/C25H30F2N4OS/c1-15(2)23(24-30-29-22(33-24)12-25(5,6)28-7)31-13-16(3)11-21(17(31)4)32-14-18-19(26)9-8-10-20(18)27/h8-11,13,28H,4,12,14H2,1-3,5-7H3. The van der Waals surface area contributed by atoms with Gasteiger partial charge in [0.05, 0.1) is 17.0 Å². The predicted octanol–water partition coefficient (Wildman–Crippen LogP) is 5.94. The molecule has 0 fully saturated rings. The van der Waals surface area contributed by atoms with Crippen LogP contribution in [0.4, 0.5) is 8.78 Å². The molecule has 0 bridgehead atoms. The van der Waals surface area contributed by atoms with Crippen molar-refractivity contribution in [3.63, 3.8) is 0 Å². The number of hydrogen-bond acceptors (Lipinski definition) is 6. The Balaban J connectivity index is 1.86. The summed E-state index contributed by atoms with van der Waals surface area (Å²) in [5, 5.41) is 13.8. The van der Waals surface area contributed by atoms with E-state index >= 15 is 0 Å². The molecule has 1 aliphatic heterocycles. The van der Waals surface area contributed by atoms with E-state index in [1.165, 1.54) is 29.5 Å². The van der Waals surface area contributed by atoms with Crippen LogP contribution in [0.2, 0.25) is 0 Å². The monoisotopic (exact) mass is 472 g/mol. The first-order valence-electron chi connectivity index (χ1n) is 10.7. The molecule has 33 heavy (non-hydrogen) atoms. The SMILES string of the molecule is C=C1C(OCc2c(F)cccc2F)=CC(C)=CN1C(=C(C)C)c1nnc(CC(C)(C)NC)s1. The fourth-order valence-electron chi connectivity index (χ4n) is 3.32. The average Bonchev–Trinajstić information content (AvgIpc) is 3.17. The Morgan fingerprint density at radius 3 is 2.48 bits per heavy atom. The maximum absolute atomic E-state index is 14.0. The van der Waals surface area contributed by atoms with Gasteiger partial charge in [-0.05, 0) is 71.0 Å². The van der Waals surface area contributed by atoms with Crippen LogP contribution >= 0.6 is 11.3 Å². The number of halogens is 2. The second-order valence-corrected chi connectivity index (χ2v) is 9.91. The Morgan fingerprint density at radius 2 is 1.88 bits per heavy atom. The van der Waals surface area contributed by atoms with Gasteiger partial charge in [-0.1, -0.05) is 24.0 Å². The molecule has 1 N–H and O–H groups in total. The molecule has 0 saturated heterocycles. The maximum atomic E-state index is 14.0. The molecule has 8 heteroatoms. The van der Waals surface area contributed by atoms with E-state index in [2.05, 4.69) is 35.9 Å². The molecule has 0 saturated carbocycles. The van der Waals surface area contributed by atoms with E-state index in [4.69, 9.17) is 4.74 Å². The van der Waals surface area contributed by atoms with Gasteiger partial charge in [0.1, 0.15) is 29.0 Å². The summed E-state index contributed by atoms with van der Waals surface area (Å²) in [6.07, 6.45) is 4.50. The zero-order valence-corrected chi connectivity index (χ0v) is 20.7. The minimum atomic E-state index is -0.642. The van der Waals surface area contributed by atoms with Crippen LogP contribution in [0.3, 0.4) is 0 Å². The summed E-state index contributed by atoms with van der Waals surface area (Å²) in [5.41, 5.74) is 3.13. The minimum absolute atomic E-state index is 0.0983. The predicted molar refractivity (Wildman–Crippen MR) is 129 cm³/mol. The van der Waals surface area contributed by atoms with Gasteiger partial charge in [0.25, 0.3) is 0 Å². The lowest BCUT2D eigenvalue weighted by atomic mass is 10.0. The Kier molecular flexibility index (Phi) is 7.49. The van der Waals surface area contributed by atoms with Crippen molar-refractivity contribution in [3.05, 3.63) is 86.9 Å². The molecule has 2 heterocycles. The van der Waals surface area contributed by atoms with E-state index in [1.807, 2.05) is 38.9 Å². The molecule has 0 atom stereocenters. The number of aromatic nitrogens is 2. The third-order valence-electron chi connectivity index (χ3n) is 5.35. The summed E-state index contributed by atoms with van der Waals surface area (Å²) in [7, 11) is 1.93. The quantitative estimate of drug-likeness (QED) is 0.515. The van der Waals surface area contributed by atoms with Crippen LogP contribution in [0.25, 0.3) is 5.70 Å². The van der Waals surface area contributed by atoms with Crippen LogP contribution in [0.5, 0.6) is 0 Å². The normalized spacial score (nSPS) is 14.2. The highest BCUT2D eigenvalue weighted by Gasteiger charge is 2.26. The van der Waals surface area contributed by atoms with Crippen molar-refractivity contribution in [2.45, 2.75) is 53.2 Å². The van der Waals surface area contributed by atoms with Crippen LogP contribution in [0, 0.1) is 11.6 Å². The molecular weight excluding hydrogens is 442 g/mol. The van der Waals surface area contributed by atoms with Gasteiger partial charge in [0.2, 0.25) is 0 Å². The fourth-order valence-corrected chi connectivity index (χ4v) is 4.54. The Bertz CT molecular complexity index is 1120. The highest BCUT2D eigenvalue weighted by Crippen LogP contribution is 2.36. The van der Waals surface area contributed by atoms with E-state index < -0.39 is 11.6 Å². The van der Waals surface area contributed by atoms with Gasteiger partial charge in [-0.25, -0.2) is 8.78 Å². The van der Waals surface area contributed by atoms with Gasteiger partial charge in [0, 0.05) is 18.2 Å². The number of nitrogens with zero attached hydrogens (tertiary/aromatic N) is 3. The van der Waals surface area contributed by atoms with Gasteiger partial charge in [-0.15, -0.1) is 10.2 Å². The second kappa shape index (κ2) is 9.97. The first kappa shape index (κ1) is 24.8. The lowest BCUT2D eigenvalue weighted by molar-refractivity contribution is 0.190. The molecule has 0 aliphatic carbocycles. The van der Waals surface area contributed by atoms with E-state index in [0.29, 0.717) is 11.5 Å². The van der Waals surface area contributed by atoms with Crippen molar-refractivity contribution in [2.24, 2.45) is 0 Å². The number of nitrogens with one attached hydrogen (secondary N) is 1. The smallest absolute Gasteiger partial charge is 0.164 e. The molecule has 0 unspecified atom stereocenters. The number of hydrogen-bond donors (Lipinski definition) is 1. The summed E-state index contributed by atoms with van der Waals surface area (Å²) in [6, 6.07) is 3.76. The molecule has 0 radical (unpaired) electrons. The van der Waals surface area contributed by atoms with E-state index in [0.717, 1.165) is 33.3 Å². The zero-order valence-electron chi connectivity index (χ0n) is 19.9. The molecule has 2 aromatic rings. The number of likely N-dealkylation sites (N-methyl/N-ethyl adjacent to an activating group) is 1. The molecule has 0 spiro atoms. The first-order valence-corrected chi connectivity index (χ1v) is 11.5. The van der Waals surface area contributed by atoms with E-state index in [1.54, 1.807) is 6.08 Å². The van der Waals surface area contributed by atoms with Crippen molar-refractivity contribution in [1.82, 2.24) is 20.4 Å². The fraction of sp³-hybridized carbons (Fsp3) is 0.360. The summed E-state index contributed by atoms with van der Waals surface area (Å²) in [4.78, 5) is 1.91.